The molecule has 0 unspecified atom stereocenters. The summed E-state index contributed by atoms with van der Waals surface area (Å²) in [7, 11) is 2.94. The molecular formula is C17H19ClF3N3O3. The van der Waals surface area contributed by atoms with E-state index in [1.807, 2.05) is 0 Å². The lowest BCUT2D eigenvalue weighted by Gasteiger charge is -2.11. The van der Waals surface area contributed by atoms with Gasteiger partial charge in [-0.05, 0) is 25.5 Å². The van der Waals surface area contributed by atoms with Gasteiger partial charge in [0.25, 0.3) is 5.91 Å². The van der Waals surface area contributed by atoms with Crippen LogP contribution in [0.15, 0.2) is 18.2 Å². The summed E-state index contributed by atoms with van der Waals surface area (Å²) >= 11 is 5.70. The highest BCUT2D eigenvalue weighted by molar-refractivity contribution is 6.31. The number of hydrogen-bond acceptors (Lipinski definition) is 4. The molecule has 0 saturated carbocycles. The van der Waals surface area contributed by atoms with Crippen molar-refractivity contribution in [2.75, 3.05) is 20.8 Å². The van der Waals surface area contributed by atoms with Crippen molar-refractivity contribution < 1.29 is 27.4 Å². The first-order chi connectivity index (χ1) is 12.7. The molecule has 2 aromatic rings. The predicted molar refractivity (Wildman–Crippen MR) is 93.5 cm³/mol. The van der Waals surface area contributed by atoms with Gasteiger partial charge in [-0.1, -0.05) is 11.6 Å². The van der Waals surface area contributed by atoms with Crippen LogP contribution in [-0.2, 0) is 12.7 Å². The van der Waals surface area contributed by atoms with Gasteiger partial charge in [0.15, 0.2) is 5.69 Å². The summed E-state index contributed by atoms with van der Waals surface area (Å²) in [5, 5.41) is 5.80. The molecule has 0 radical (unpaired) electrons. The van der Waals surface area contributed by atoms with Crippen molar-refractivity contribution in [2.45, 2.75) is 26.1 Å². The Hall–Kier alpha value is -2.42. The number of alkyl halides is 3. The number of carbonyl (C=O) groups is 1. The van der Waals surface area contributed by atoms with Crippen LogP contribution in [0.1, 0.15) is 28.2 Å². The van der Waals surface area contributed by atoms with Gasteiger partial charge in [-0.3, -0.25) is 9.48 Å². The number of rotatable bonds is 7. The molecule has 0 atom stereocenters. The number of nitrogens with one attached hydrogen (secondary N) is 1. The quantitative estimate of drug-likeness (QED) is 0.713. The first-order valence-electron chi connectivity index (χ1n) is 7.99. The molecule has 1 aromatic heterocycles. The zero-order valence-corrected chi connectivity index (χ0v) is 15.7. The van der Waals surface area contributed by atoms with E-state index in [0.29, 0.717) is 23.5 Å². The lowest BCUT2D eigenvalue weighted by atomic mass is 10.1. The van der Waals surface area contributed by atoms with Gasteiger partial charge >= 0.3 is 6.18 Å². The van der Waals surface area contributed by atoms with Gasteiger partial charge in [-0.15, -0.1) is 0 Å². The number of ether oxygens (including phenoxy) is 2. The molecule has 0 fully saturated rings. The molecule has 0 spiro atoms. The van der Waals surface area contributed by atoms with Gasteiger partial charge in [0.1, 0.15) is 11.5 Å². The van der Waals surface area contributed by atoms with E-state index in [0.717, 1.165) is 0 Å². The predicted octanol–water partition coefficient (Wildman–Crippen LogP) is 3.70. The summed E-state index contributed by atoms with van der Waals surface area (Å²) in [4.78, 5) is 12.3. The number of amides is 1. The SMILES string of the molecule is COc1ccc(C(=O)NCCCn2nc(C(F)(F)F)c(Cl)c2C)c(OC)c1. The van der Waals surface area contributed by atoms with E-state index in [1.165, 1.54) is 25.8 Å². The maximum Gasteiger partial charge on any atom is 0.436 e. The first kappa shape index (κ1) is 20.9. The fourth-order valence-corrected chi connectivity index (χ4v) is 2.68. The van der Waals surface area contributed by atoms with Crippen molar-refractivity contribution in [3.63, 3.8) is 0 Å². The third-order valence-corrected chi connectivity index (χ3v) is 4.34. The van der Waals surface area contributed by atoms with Crippen LogP contribution in [-0.4, -0.2) is 36.5 Å². The summed E-state index contributed by atoms with van der Waals surface area (Å²) in [6, 6.07) is 4.79. The lowest BCUT2D eigenvalue weighted by molar-refractivity contribution is -0.141. The molecule has 1 amide bonds. The Labute approximate surface area is 159 Å². The molecule has 148 valence electrons. The number of aryl methyl sites for hydroxylation is 1. The second-order valence-electron chi connectivity index (χ2n) is 5.64. The van der Waals surface area contributed by atoms with E-state index in [-0.39, 0.29) is 24.7 Å². The van der Waals surface area contributed by atoms with Crippen LogP contribution in [0.25, 0.3) is 0 Å². The highest BCUT2D eigenvalue weighted by atomic mass is 35.5. The summed E-state index contributed by atoms with van der Waals surface area (Å²) < 4.78 is 49.9. The van der Waals surface area contributed by atoms with Crippen LogP contribution < -0.4 is 14.8 Å². The van der Waals surface area contributed by atoms with Crippen molar-refractivity contribution >= 4 is 17.5 Å². The Bertz CT molecular complexity index is 822. The lowest BCUT2D eigenvalue weighted by Crippen LogP contribution is -2.26. The number of methoxy groups -OCH3 is 2. The van der Waals surface area contributed by atoms with E-state index in [2.05, 4.69) is 10.4 Å². The van der Waals surface area contributed by atoms with Crippen molar-refractivity contribution in [2.24, 2.45) is 0 Å². The van der Waals surface area contributed by atoms with Crippen molar-refractivity contribution in [3.8, 4) is 11.5 Å². The number of halogens is 4. The zero-order valence-electron chi connectivity index (χ0n) is 15.0. The largest absolute Gasteiger partial charge is 0.497 e. The Morgan fingerprint density at radius 2 is 2.00 bits per heavy atom. The van der Waals surface area contributed by atoms with Gasteiger partial charge in [0, 0.05) is 19.2 Å². The molecule has 1 heterocycles. The maximum absolute atomic E-state index is 12.8. The average molecular weight is 406 g/mol. The second-order valence-corrected chi connectivity index (χ2v) is 6.02. The zero-order chi connectivity index (χ0) is 20.2. The molecular weight excluding hydrogens is 387 g/mol. The highest BCUT2D eigenvalue weighted by Crippen LogP contribution is 2.35. The number of hydrogen-bond donors (Lipinski definition) is 1. The highest BCUT2D eigenvalue weighted by Gasteiger charge is 2.38. The fourth-order valence-electron chi connectivity index (χ4n) is 2.44. The Balaban J connectivity index is 1.95. The molecule has 0 aliphatic rings. The van der Waals surface area contributed by atoms with E-state index < -0.39 is 16.9 Å². The normalized spacial score (nSPS) is 11.4. The summed E-state index contributed by atoms with van der Waals surface area (Å²) in [6.07, 6.45) is -4.23. The van der Waals surface area contributed by atoms with Crippen LogP contribution >= 0.6 is 11.6 Å². The van der Waals surface area contributed by atoms with Gasteiger partial charge in [-0.2, -0.15) is 18.3 Å². The molecule has 0 bridgehead atoms. The van der Waals surface area contributed by atoms with Crippen LogP contribution in [0.3, 0.4) is 0 Å². The van der Waals surface area contributed by atoms with Crippen molar-refractivity contribution in [3.05, 3.63) is 40.2 Å². The van der Waals surface area contributed by atoms with Crippen LogP contribution in [0.4, 0.5) is 13.2 Å². The molecule has 1 aromatic carbocycles. The van der Waals surface area contributed by atoms with Crippen LogP contribution in [0.2, 0.25) is 5.02 Å². The van der Waals surface area contributed by atoms with E-state index in [4.69, 9.17) is 21.1 Å². The first-order valence-corrected chi connectivity index (χ1v) is 8.37. The average Bonchev–Trinajstić information content (AvgIpc) is 2.93. The Kier molecular flexibility index (Phi) is 6.59. The second kappa shape index (κ2) is 8.51. The topological polar surface area (TPSA) is 65.4 Å². The Morgan fingerprint density at radius 1 is 1.30 bits per heavy atom. The van der Waals surface area contributed by atoms with E-state index in [1.54, 1.807) is 18.2 Å². The number of carbonyl (C=O) groups excluding carboxylic acids is 1. The molecule has 0 saturated heterocycles. The summed E-state index contributed by atoms with van der Waals surface area (Å²) in [6.45, 7) is 1.89. The maximum atomic E-state index is 12.8. The van der Waals surface area contributed by atoms with Gasteiger partial charge < -0.3 is 14.8 Å². The smallest absolute Gasteiger partial charge is 0.436 e. The standard InChI is InChI=1S/C17H19ClF3N3O3/c1-10-14(18)15(17(19,20)21)23-24(10)8-4-7-22-16(25)12-6-5-11(26-2)9-13(12)27-3/h5-6,9H,4,7-8H2,1-3H3,(H,22,25). The molecule has 0 aliphatic carbocycles. The minimum atomic E-state index is -4.60. The molecule has 2 rings (SSSR count). The summed E-state index contributed by atoms with van der Waals surface area (Å²) in [5.41, 5.74) is -0.545. The van der Waals surface area contributed by atoms with E-state index in [9.17, 15) is 18.0 Å². The minimum absolute atomic E-state index is 0.182. The van der Waals surface area contributed by atoms with E-state index >= 15 is 0 Å². The fraction of sp³-hybridized carbons (Fsp3) is 0.412. The molecule has 1 N–H and O–H groups in total. The van der Waals surface area contributed by atoms with Gasteiger partial charge in [0.05, 0.1) is 30.5 Å². The third kappa shape index (κ3) is 4.85. The third-order valence-electron chi connectivity index (χ3n) is 3.89. The Morgan fingerprint density at radius 3 is 2.56 bits per heavy atom. The minimum Gasteiger partial charge on any atom is -0.497 e. The molecule has 0 aliphatic heterocycles. The van der Waals surface area contributed by atoms with Crippen LogP contribution in [0.5, 0.6) is 11.5 Å². The molecule has 27 heavy (non-hydrogen) atoms. The molecule has 10 heteroatoms. The molecule has 6 nitrogen and oxygen atoms in total. The summed E-state index contributed by atoms with van der Waals surface area (Å²) in [5.74, 6) is 0.548. The number of nitrogens with zero attached hydrogens (tertiary/aromatic N) is 2. The van der Waals surface area contributed by atoms with Crippen molar-refractivity contribution in [1.82, 2.24) is 15.1 Å². The number of benzene rings is 1. The monoisotopic (exact) mass is 405 g/mol. The van der Waals surface area contributed by atoms with Gasteiger partial charge in [0.2, 0.25) is 0 Å². The van der Waals surface area contributed by atoms with Crippen molar-refractivity contribution in [1.29, 1.82) is 0 Å². The number of aromatic nitrogens is 2. The van der Waals surface area contributed by atoms with Gasteiger partial charge in [-0.25, -0.2) is 0 Å². The van der Waals surface area contributed by atoms with Crippen LogP contribution in [0, 0.1) is 6.92 Å².